The standard InChI is InChI=1S/C10H10N2S.CH4/c11-8-6-13-10(9(8)12)7-4-2-1-3-5-7;/h1-6H,11-12H2;1H4. The molecule has 0 unspecified atom stereocenters. The van der Waals surface area contributed by atoms with Crippen molar-refractivity contribution in [1.29, 1.82) is 0 Å². The van der Waals surface area contributed by atoms with E-state index >= 15 is 0 Å². The topological polar surface area (TPSA) is 52.0 Å². The molecule has 0 fully saturated rings. The number of hydrogen-bond donors (Lipinski definition) is 2. The molecule has 0 spiro atoms. The quantitative estimate of drug-likeness (QED) is 0.752. The molecular formula is C11H14N2S. The first-order valence-corrected chi connectivity index (χ1v) is 4.85. The van der Waals surface area contributed by atoms with Crippen LogP contribution in [0.15, 0.2) is 35.7 Å². The number of rotatable bonds is 1. The summed E-state index contributed by atoms with van der Waals surface area (Å²) >= 11 is 1.58. The Morgan fingerprint density at radius 1 is 1.00 bits per heavy atom. The monoisotopic (exact) mass is 206 g/mol. The van der Waals surface area contributed by atoms with Gasteiger partial charge in [-0.2, -0.15) is 0 Å². The molecule has 1 aromatic heterocycles. The van der Waals surface area contributed by atoms with Crippen LogP contribution >= 0.6 is 11.3 Å². The van der Waals surface area contributed by atoms with Crippen molar-refractivity contribution >= 4 is 22.7 Å². The van der Waals surface area contributed by atoms with Crippen LogP contribution in [0, 0.1) is 0 Å². The molecule has 0 atom stereocenters. The molecule has 0 saturated carbocycles. The second kappa shape index (κ2) is 4.15. The van der Waals surface area contributed by atoms with E-state index in [1.165, 1.54) is 0 Å². The van der Waals surface area contributed by atoms with Gasteiger partial charge in [0.15, 0.2) is 0 Å². The molecule has 14 heavy (non-hydrogen) atoms. The summed E-state index contributed by atoms with van der Waals surface area (Å²) < 4.78 is 0. The van der Waals surface area contributed by atoms with E-state index in [2.05, 4.69) is 0 Å². The first kappa shape index (κ1) is 10.6. The minimum atomic E-state index is 0. The van der Waals surface area contributed by atoms with Crippen LogP contribution in [0.2, 0.25) is 0 Å². The number of anilines is 2. The van der Waals surface area contributed by atoms with E-state index < -0.39 is 0 Å². The van der Waals surface area contributed by atoms with Gasteiger partial charge in [-0.25, -0.2) is 0 Å². The Balaban J connectivity index is 0.000000980. The molecule has 0 aliphatic rings. The van der Waals surface area contributed by atoms with Gasteiger partial charge in [0, 0.05) is 5.38 Å². The van der Waals surface area contributed by atoms with E-state index in [0.717, 1.165) is 10.4 Å². The van der Waals surface area contributed by atoms with Gasteiger partial charge in [0.05, 0.1) is 16.3 Å². The number of thiophene rings is 1. The zero-order chi connectivity index (χ0) is 9.26. The minimum absolute atomic E-state index is 0. The van der Waals surface area contributed by atoms with Gasteiger partial charge in [-0.3, -0.25) is 0 Å². The Kier molecular flexibility index (Phi) is 3.14. The predicted octanol–water partition coefficient (Wildman–Crippen LogP) is 3.22. The number of nitrogen functional groups attached to an aromatic ring is 2. The fourth-order valence-corrected chi connectivity index (χ4v) is 2.08. The lowest BCUT2D eigenvalue weighted by atomic mass is 10.2. The maximum absolute atomic E-state index is 5.82. The summed E-state index contributed by atoms with van der Waals surface area (Å²) in [7, 11) is 0. The maximum atomic E-state index is 5.82. The number of hydrogen-bond acceptors (Lipinski definition) is 3. The Bertz CT molecular complexity index is 406. The van der Waals surface area contributed by atoms with Gasteiger partial charge >= 0.3 is 0 Å². The van der Waals surface area contributed by atoms with E-state index in [1.807, 2.05) is 35.7 Å². The molecule has 0 aliphatic carbocycles. The van der Waals surface area contributed by atoms with Gasteiger partial charge in [0.2, 0.25) is 0 Å². The van der Waals surface area contributed by atoms with E-state index in [0.29, 0.717) is 11.4 Å². The van der Waals surface area contributed by atoms with Crippen molar-refractivity contribution in [3.8, 4) is 10.4 Å². The summed E-state index contributed by atoms with van der Waals surface area (Å²) in [6.07, 6.45) is 0. The summed E-state index contributed by atoms with van der Waals surface area (Å²) in [5.74, 6) is 0. The molecular weight excluding hydrogens is 192 g/mol. The molecule has 3 heteroatoms. The smallest absolute Gasteiger partial charge is 0.0737 e. The second-order valence-corrected chi connectivity index (χ2v) is 3.68. The predicted molar refractivity (Wildman–Crippen MR) is 65.3 cm³/mol. The van der Waals surface area contributed by atoms with Crippen LogP contribution in [0.1, 0.15) is 7.43 Å². The third kappa shape index (κ3) is 1.72. The van der Waals surface area contributed by atoms with Crippen LogP contribution in [0.3, 0.4) is 0 Å². The third-order valence-electron chi connectivity index (χ3n) is 1.90. The summed E-state index contributed by atoms with van der Waals surface area (Å²) in [6.45, 7) is 0. The van der Waals surface area contributed by atoms with E-state index in [9.17, 15) is 0 Å². The van der Waals surface area contributed by atoms with Crippen molar-refractivity contribution < 1.29 is 0 Å². The molecule has 1 aromatic carbocycles. The zero-order valence-corrected chi connectivity index (χ0v) is 7.84. The van der Waals surface area contributed by atoms with Crippen molar-refractivity contribution in [2.45, 2.75) is 7.43 Å². The van der Waals surface area contributed by atoms with E-state index in [-0.39, 0.29) is 7.43 Å². The van der Waals surface area contributed by atoms with Crippen LogP contribution in [-0.2, 0) is 0 Å². The van der Waals surface area contributed by atoms with Crippen molar-refractivity contribution in [2.24, 2.45) is 0 Å². The Labute approximate surface area is 88.2 Å². The highest BCUT2D eigenvalue weighted by molar-refractivity contribution is 7.14. The molecule has 2 rings (SSSR count). The first-order chi connectivity index (χ1) is 6.29. The van der Waals surface area contributed by atoms with Crippen molar-refractivity contribution in [3.63, 3.8) is 0 Å². The van der Waals surface area contributed by atoms with Gasteiger partial charge in [-0.05, 0) is 5.56 Å². The summed E-state index contributed by atoms with van der Waals surface area (Å²) in [5, 5.41) is 1.87. The number of nitrogens with two attached hydrogens (primary N) is 2. The summed E-state index contributed by atoms with van der Waals surface area (Å²) in [4.78, 5) is 1.05. The largest absolute Gasteiger partial charge is 0.396 e. The first-order valence-electron chi connectivity index (χ1n) is 3.97. The van der Waals surface area contributed by atoms with Crippen LogP contribution in [0.25, 0.3) is 10.4 Å². The van der Waals surface area contributed by atoms with Crippen LogP contribution in [0.5, 0.6) is 0 Å². The number of benzene rings is 1. The van der Waals surface area contributed by atoms with E-state index in [1.54, 1.807) is 11.3 Å². The van der Waals surface area contributed by atoms with Crippen LogP contribution in [0.4, 0.5) is 11.4 Å². The van der Waals surface area contributed by atoms with E-state index in [4.69, 9.17) is 11.5 Å². The third-order valence-corrected chi connectivity index (χ3v) is 2.96. The fraction of sp³-hybridized carbons (Fsp3) is 0.0909. The Hall–Kier alpha value is -1.48. The van der Waals surface area contributed by atoms with Gasteiger partial charge < -0.3 is 11.5 Å². The van der Waals surface area contributed by atoms with Crippen LogP contribution < -0.4 is 11.5 Å². The lowest BCUT2D eigenvalue weighted by molar-refractivity contribution is 1.69. The average molecular weight is 206 g/mol. The molecule has 4 N–H and O–H groups in total. The van der Waals surface area contributed by atoms with Crippen molar-refractivity contribution in [2.75, 3.05) is 11.5 Å². The summed E-state index contributed by atoms with van der Waals surface area (Å²) in [6, 6.07) is 10.0. The highest BCUT2D eigenvalue weighted by atomic mass is 32.1. The molecule has 0 bridgehead atoms. The second-order valence-electron chi connectivity index (χ2n) is 2.80. The molecule has 2 nitrogen and oxygen atoms in total. The van der Waals surface area contributed by atoms with Crippen LogP contribution in [-0.4, -0.2) is 0 Å². The molecule has 74 valence electrons. The van der Waals surface area contributed by atoms with Gasteiger partial charge in [-0.1, -0.05) is 37.8 Å². The molecule has 0 saturated heterocycles. The highest BCUT2D eigenvalue weighted by Crippen LogP contribution is 2.36. The zero-order valence-electron chi connectivity index (χ0n) is 7.03. The Morgan fingerprint density at radius 2 is 1.64 bits per heavy atom. The lowest BCUT2D eigenvalue weighted by Crippen LogP contribution is -1.90. The van der Waals surface area contributed by atoms with Crippen molar-refractivity contribution in [3.05, 3.63) is 35.7 Å². The average Bonchev–Trinajstić information content (AvgIpc) is 2.49. The van der Waals surface area contributed by atoms with Gasteiger partial charge in [0.1, 0.15) is 0 Å². The maximum Gasteiger partial charge on any atom is 0.0737 e. The summed E-state index contributed by atoms with van der Waals surface area (Å²) in [5.41, 5.74) is 14.0. The van der Waals surface area contributed by atoms with Crippen molar-refractivity contribution in [1.82, 2.24) is 0 Å². The van der Waals surface area contributed by atoms with Gasteiger partial charge in [0.25, 0.3) is 0 Å². The molecule has 1 heterocycles. The molecule has 0 radical (unpaired) electrons. The molecule has 0 amide bonds. The lowest BCUT2D eigenvalue weighted by Gasteiger charge is -1.98. The fourth-order valence-electron chi connectivity index (χ4n) is 1.19. The normalized spacial score (nSPS) is 9.43. The highest BCUT2D eigenvalue weighted by Gasteiger charge is 2.06. The minimum Gasteiger partial charge on any atom is -0.396 e. The SMILES string of the molecule is C.Nc1csc(-c2ccccc2)c1N. The van der Waals surface area contributed by atoms with Gasteiger partial charge in [-0.15, -0.1) is 11.3 Å². The molecule has 2 aromatic rings. The molecule has 0 aliphatic heterocycles. The Morgan fingerprint density at radius 3 is 2.14 bits per heavy atom.